The van der Waals surface area contributed by atoms with Gasteiger partial charge in [0.15, 0.2) is 5.78 Å². The SMILES string of the molecule is CCC(=O)OC/C=C/C(=O)C(C)(C)C. The minimum absolute atomic E-state index is 0.0325. The summed E-state index contributed by atoms with van der Waals surface area (Å²) in [5.74, 6) is -0.220. The molecule has 0 bridgehead atoms. The van der Waals surface area contributed by atoms with E-state index in [-0.39, 0.29) is 23.8 Å². The highest BCUT2D eigenvalue weighted by molar-refractivity contribution is 5.93. The molecule has 0 spiro atoms. The molecule has 0 fully saturated rings. The standard InChI is InChI=1S/C11H18O3/c1-5-10(13)14-8-6-7-9(12)11(2,3)4/h6-7H,5,8H2,1-4H3/b7-6+. The lowest BCUT2D eigenvalue weighted by atomic mass is 9.91. The summed E-state index contributed by atoms with van der Waals surface area (Å²) in [5.41, 5.74) is -0.370. The Kier molecular flexibility index (Phi) is 5.13. The van der Waals surface area contributed by atoms with Crippen molar-refractivity contribution in [1.29, 1.82) is 0 Å². The zero-order chi connectivity index (χ0) is 11.2. The second-order valence-electron chi connectivity index (χ2n) is 4.05. The number of rotatable bonds is 4. The Balaban J connectivity index is 3.85. The number of esters is 1. The molecule has 0 atom stereocenters. The normalized spacial score (nSPS) is 11.7. The second-order valence-corrected chi connectivity index (χ2v) is 4.05. The minimum Gasteiger partial charge on any atom is -0.461 e. The predicted molar refractivity (Wildman–Crippen MR) is 54.9 cm³/mol. The van der Waals surface area contributed by atoms with Crippen molar-refractivity contribution in [2.45, 2.75) is 34.1 Å². The van der Waals surface area contributed by atoms with Crippen molar-refractivity contribution in [2.24, 2.45) is 5.41 Å². The Bertz CT molecular complexity index is 233. The molecule has 3 heteroatoms. The van der Waals surface area contributed by atoms with Crippen molar-refractivity contribution in [2.75, 3.05) is 6.61 Å². The number of carbonyl (C=O) groups is 2. The van der Waals surface area contributed by atoms with Crippen molar-refractivity contribution >= 4 is 11.8 Å². The first-order valence-electron chi connectivity index (χ1n) is 4.74. The molecule has 0 aliphatic carbocycles. The number of ketones is 1. The number of allylic oxidation sites excluding steroid dienone is 1. The number of hydrogen-bond donors (Lipinski definition) is 0. The van der Waals surface area contributed by atoms with Gasteiger partial charge in [0.1, 0.15) is 6.61 Å². The van der Waals surface area contributed by atoms with E-state index in [2.05, 4.69) is 0 Å². The van der Waals surface area contributed by atoms with E-state index >= 15 is 0 Å². The number of hydrogen-bond acceptors (Lipinski definition) is 3. The van der Waals surface area contributed by atoms with Crippen LogP contribution in [0.3, 0.4) is 0 Å². The van der Waals surface area contributed by atoms with Crippen molar-refractivity contribution in [3.05, 3.63) is 12.2 Å². The third kappa shape index (κ3) is 5.51. The summed E-state index contributed by atoms with van der Waals surface area (Å²) < 4.78 is 4.78. The maximum absolute atomic E-state index is 11.4. The maximum atomic E-state index is 11.4. The highest BCUT2D eigenvalue weighted by Crippen LogP contribution is 2.14. The van der Waals surface area contributed by atoms with Crippen molar-refractivity contribution < 1.29 is 14.3 Å². The maximum Gasteiger partial charge on any atom is 0.305 e. The molecular formula is C11H18O3. The lowest BCUT2D eigenvalue weighted by molar-refractivity contribution is -0.142. The van der Waals surface area contributed by atoms with E-state index in [1.165, 1.54) is 6.08 Å². The van der Waals surface area contributed by atoms with Crippen LogP contribution in [0.4, 0.5) is 0 Å². The van der Waals surface area contributed by atoms with Gasteiger partial charge >= 0.3 is 5.97 Å². The summed E-state index contributed by atoms with van der Waals surface area (Å²) in [5, 5.41) is 0. The van der Waals surface area contributed by atoms with Crippen LogP contribution < -0.4 is 0 Å². The zero-order valence-corrected chi connectivity index (χ0v) is 9.29. The molecule has 0 aliphatic rings. The molecule has 0 aliphatic heterocycles. The van der Waals surface area contributed by atoms with E-state index in [1.807, 2.05) is 20.8 Å². The minimum atomic E-state index is -0.370. The summed E-state index contributed by atoms with van der Waals surface area (Å²) >= 11 is 0. The van der Waals surface area contributed by atoms with Crippen molar-refractivity contribution in [3.63, 3.8) is 0 Å². The molecule has 14 heavy (non-hydrogen) atoms. The second kappa shape index (κ2) is 5.58. The van der Waals surface area contributed by atoms with Gasteiger partial charge in [-0.2, -0.15) is 0 Å². The first-order valence-corrected chi connectivity index (χ1v) is 4.74. The lowest BCUT2D eigenvalue weighted by Crippen LogP contribution is -2.17. The average Bonchev–Trinajstić information content (AvgIpc) is 2.09. The molecule has 0 radical (unpaired) electrons. The van der Waals surface area contributed by atoms with E-state index in [9.17, 15) is 9.59 Å². The highest BCUT2D eigenvalue weighted by atomic mass is 16.5. The summed E-state index contributed by atoms with van der Waals surface area (Å²) in [6.45, 7) is 7.44. The molecule has 0 saturated heterocycles. The molecule has 80 valence electrons. The molecule has 0 aromatic heterocycles. The van der Waals surface area contributed by atoms with Gasteiger partial charge in [0.2, 0.25) is 0 Å². The van der Waals surface area contributed by atoms with Gasteiger partial charge in [0, 0.05) is 11.8 Å². The smallest absolute Gasteiger partial charge is 0.305 e. The third-order valence-corrected chi connectivity index (χ3v) is 1.64. The Morgan fingerprint density at radius 2 is 1.86 bits per heavy atom. The number of carbonyl (C=O) groups excluding carboxylic acids is 2. The summed E-state index contributed by atoms with van der Waals surface area (Å²) in [6, 6.07) is 0. The van der Waals surface area contributed by atoms with Crippen LogP contribution in [-0.2, 0) is 14.3 Å². The van der Waals surface area contributed by atoms with E-state index in [4.69, 9.17) is 4.74 Å². The summed E-state index contributed by atoms with van der Waals surface area (Å²) in [4.78, 5) is 22.1. The van der Waals surface area contributed by atoms with Crippen molar-refractivity contribution in [1.82, 2.24) is 0 Å². The van der Waals surface area contributed by atoms with E-state index in [0.29, 0.717) is 6.42 Å². The van der Waals surface area contributed by atoms with Gasteiger partial charge < -0.3 is 4.74 Å². The quantitative estimate of drug-likeness (QED) is 0.513. The fourth-order valence-corrected chi connectivity index (χ4v) is 0.648. The predicted octanol–water partition coefficient (Wildman–Crippen LogP) is 2.11. The van der Waals surface area contributed by atoms with Crippen LogP contribution >= 0.6 is 0 Å². The van der Waals surface area contributed by atoms with Gasteiger partial charge in [-0.05, 0) is 12.2 Å². The zero-order valence-electron chi connectivity index (χ0n) is 9.29. The fraction of sp³-hybridized carbons (Fsp3) is 0.636. The molecular weight excluding hydrogens is 180 g/mol. The molecule has 0 unspecified atom stereocenters. The first-order chi connectivity index (χ1) is 6.38. The van der Waals surface area contributed by atoms with Gasteiger partial charge in [-0.15, -0.1) is 0 Å². The molecule has 0 N–H and O–H groups in total. The van der Waals surface area contributed by atoms with Crippen LogP contribution in [0.2, 0.25) is 0 Å². The Morgan fingerprint density at radius 3 is 2.29 bits per heavy atom. The van der Waals surface area contributed by atoms with Crippen LogP contribution in [-0.4, -0.2) is 18.4 Å². The van der Waals surface area contributed by atoms with Crippen LogP contribution in [0.1, 0.15) is 34.1 Å². The molecule has 0 amide bonds. The fourth-order valence-electron chi connectivity index (χ4n) is 0.648. The van der Waals surface area contributed by atoms with Crippen LogP contribution in [0.25, 0.3) is 0 Å². The topological polar surface area (TPSA) is 43.4 Å². The van der Waals surface area contributed by atoms with Crippen LogP contribution in [0.15, 0.2) is 12.2 Å². The molecule has 3 nitrogen and oxygen atoms in total. The van der Waals surface area contributed by atoms with E-state index in [1.54, 1.807) is 13.0 Å². The summed E-state index contributed by atoms with van der Waals surface area (Å²) in [7, 11) is 0. The average molecular weight is 198 g/mol. The molecule has 0 aromatic carbocycles. The van der Waals surface area contributed by atoms with Crippen LogP contribution in [0.5, 0.6) is 0 Å². The van der Waals surface area contributed by atoms with Gasteiger partial charge in [0.05, 0.1) is 0 Å². The van der Waals surface area contributed by atoms with Gasteiger partial charge in [-0.1, -0.05) is 27.7 Å². The third-order valence-electron chi connectivity index (χ3n) is 1.64. The lowest BCUT2D eigenvalue weighted by Gasteiger charge is -2.12. The Morgan fingerprint density at radius 1 is 1.29 bits per heavy atom. The monoisotopic (exact) mass is 198 g/mol. The summed E-state index contributed by atoms with van der Waals surface area (Å²) in [6.07, 6.45) is 3.39. The Hall–Kier alpha value is -1.12. The van der Waals surface area contributed by atoms with Crippen LogP contribution in [0, 0.1) is 5.41 Å². The first kappa shape index (κ1) is 12.9. The highest BCUT2D eigenvalue weighted by Gasteiger charge is 2.17. The van der Waals surface area contributed by atoms with E-state index in [0.717, 1.165) is 0 Å². The molecule has 0 saturated carbocycles. The van der Waals surface area contributed by atoms with E-state index < -0.39 is 0 Å². The van der Waals surface area contributed by atoms with Gasteiger partial charge in [-0.25, -0.2) is 0 Å². The molecule has 0 aromatic rings. The molecule has 0 heterocycles. The number of ether oxygens (including phenoxy) is 1. The van der Waals surface area contributed by atoms with Crippen molar-refractivity contribution in [3.8, 4) is 0 Å². The Labute approximate surface area is 85.1 Å². The van der Waals surface area contributed by atoms with Gasteiger partial charge in [-0.3, -0.25) is 9.59 Å². The van der Waals surface area contributed by atoms with Gasteiger partial charge in [0.25, 0.3) is 0 Å². The molecule has 0 rings (SSSR count). The largest absolute Gasteiger partial charge is 0.461 e.